The van der Waals surface area contributed by atoms with Gasteiger partial charge in [-0.05, 0) is 18.6 Å². The van der Waals surface area contributed by atoms with Crippen LogP contribution in [0.15, 0.2) is 29.3 Å². The van der Waals surface area contributed by atoms with Crippen LogP contribution in [0.3, 0.4) is 0 Å². The van der Waals surface area contributed by atoms with Gasteiger partial charge in [0.2, 0.25) is 10.0 Å². The summed E-state index contributed by atoms with van der Waals surface area (Å²) in [5.74, 6) is 0. The summed E-state index contributed by atoms with van der Waals surface area (Å²) in [6, 6.07) is 4.61. The molecule has 2 aromatic rings. The molecule has 0 radical (unpaired) electrons. The first-order valence-electron chi connectivity index (χ1n) is 5.69. The Hall–Kier alpha value is -0.880. The molecule has 1 aromatic carbocycles. The standard InChI is InChI=1S/C12H12Cl2N2O2S/c1-2-5-16-19(17,18)8-3-4-9-10(6-8)12(14)15-7-11(9)13/h3-4,6-7,16H,2,5H2,1H3. The second-order valence-corrected chi connectivity index (χ2v) is 6.53. The van der Waals surface area contributed by atoms with Crippen molar-refractivity contribution in [3.05, 3.63) is 34.6 Å². The molecule has 0 aliphatic heterocycles. The number of pyridine rings is 1. The molecule has 0 aliphatic rings. The number of aromatic nitrogens is 1. The highest BCUT2D eigenvalue weighted by atomic mass is 35.5. The van der Waals surface area contributed by atoms with Crippen molar-refractivity contribution in [2.45, 2.75) is 18.2 Å². The number of hydrogen-bond acceptors (Lipinski definition) is 3. The molecule has 0 saturated carbocycles. The summed E-state index contributed by atoms with van der Waals surface area (Å²) in [5, 5.41) is 1.86. The fourth-order valence-electron chi connectivity index (χ4n) is 1.64. The van der Waals surface area contributed by atoms with Gasteiger partial charge < -0.3 is 0 Å². The molecule has 1 aromatic heterocycles. The van der Waals surface area contributed by atoms with Gasteiger partial charge >= 0.3 is 0 Å². The molecule has 1 N–H and O–H groups in total. The van der Waals surface area contributed by atoms with Crippen molar-refractivity contribution in [2.75, 3.05) is 6.54 Å². The average Bonchev–Trinajstić information content (AvgIpc) is 2.40. The summed E-state index contributed by atoms with van der Waals surface area (Å²) in [6.45, 7) is 2.28. The Kier molecular flexibility index (Phi) is 4.30. The van der Waals surface area contributed by atoms with Gasteiger partial charge in [0.25, 0.3) is 0 Å². The van der Waals surface area contributed by atoms with E-state index in [-0.39, 0.29) is 10.0 Å². The molecule has 7 heteroatoms. The average molecular weight is 319 g/mol. The zero-order valence-corrected chi connectivity index (χ0v) is 12.5. The summed E-state index contributed by atoms with van der Waals surface area (Å²) in [6.07, 6.45) is 2.16. The molecule has 0 amide bonds. The maximum atomic E-state index is 12.0. The minimum absolute atomic E-state index is 0.152. The molecule has 0 atom stereocenters. The second kappa shape index (κ2) is 5.63. The van der Waals surface area contributed by atoms with Crippen LogP contribution in [0.2, 0.25) is 10.2 Å². The molecule has 102 valence electrons. The lowest BCUT2D eigenvalue weighted by Crippen LogP contribution is -2.24. The van der Waals surface area contributed by atoms with E-state index in [2.05, 4.69) is 9.71 Å². The summed E-state index contributed by atoms with van der Waals surface area (Å²) < 4.78 is 26.5. The Bertz CT molecular complexity index is 717. The van der Waals surface area contributed by atoms with Crippen molar-refractivity contribution in [1.82, 2.24) is 9.71 Å². The van der Waals surface area contributed by atoms with Crippen LogP contribution >= 0.6 is 23.2 Å². The van der Waals surface area contributed by atoms with E-state index in [1.165, 1.54) is 18.3 Å². The predicted molar refractivity (Wildman–Crippen MR) is 77.2 cm³/mol. The van der Waals surface area contributed by atoms with Crippen molar-refractivity contribution >= 4 is 44.0 Å². The third-order valence-electron chi connectivity index (χ3n) is 2.61. The maximum absolute atomic E-state index is 12.0. The zero-order valence-electron chi connectivity index (χ0n) is 10.2. The van der Waals surface area contributed by atoms with Gasteiger partial charge in [0.1, 0.15) is 5.15 Å². The van der Waals surface area contributed by atoms with Gasteiger partial charge in [0.15, 0.2) is 0 Å². The molecule has 19 heavy (non-hydrogen) atoms. The van der Waals surface area contributed by atoms with Crippen molar-refractivity contribution < 1.29 is 8.42 Å². The first kappa shape index (κ1) is 14.5. The number of rotatable bonds is 4. The first-order valence-corrected chi connectivity index (χ1v) is 7.93. The predicted octanol–water partition coefficient (Wildman–Crippen LogP) is 3.23. The lowest BCUT2D eigenvalue weighted by Gasteiger charge is -2.08. The zero-order chi connectivity index (χ0) is 14.0. The van der Waals surface area contributed by atoms with E-state index < -0.39 is 10.0 Å². The van der Waals surface area contributed by atoms with Gasteiger partial charge in [0, 0.05) is 23.5 Å². The molecule has 0 saturated heterocycles. The van der Waals surface area contributed by atoms with E-state index in [9.17, 15) is 8.42 Å². The van der Waals surface area contributed by atoms with Crippen LogP contribution in [-0.2, 0) is 10.0 Å². The molecule has 2 rings (SSSR count). The van der Waals surface area contributed by atoms with Crippen LogP contribution in [0.1, 0.15) is 13.3 Å². The van der Waals surface area contributed by atoms with Crippen LogP contribution in [0, 0.1) is 0 Å². The maximum Gasteiger partial charge on any atom is 0.240 e. The molecule has 1 heterocycles. The van der Waals surface area contributed by atoms with E-state index in [1.54, 1.807) is 6.07 Å². The van der Waals surface area contributed by atoms with E-state index >= 15 is 0 Å². The number of halogens is 2. The Morgan fingerprint density at radius 2 is 2.00 bits per heavy atom. The molecule has 0 spiro atoms. The van der Waals surface area contributed by atoms with Crippen LogP contribution in [0.25, 0.3) is 10.8 Å². The van der Waals surface area contributed by atoms with E-state index in [1.807, 2.05) is 6.92 Å². The fraction of sp³-hybridized carbons (Fsp3) is 0.250. The fourth-order valence-corrected chi connectivity index (χ4v) is 3.22. The van der Waals surface area contributed by atoms with Crippen LogP contribution in [0.4, 0.5) is 0 Å². The number of benzene rings is 1. The highest BCUT2D eigenvalue weighted by Gasteiger charge is 2.15. The Morgan fingerprint density at radius 1 is 1.26 bits per heavy atom. The van der Waals surface area contributed by atoms with Gasteiger partial charge in [-0.3, -0.25) is 0 Å². The van der Waals surface area contributed by atoms with Crippen molar-refractivity contribution in [1.29, 1.82) is 0 Å². The topological polar surface area (TPSA) is 59.1 Å². The van der Waals surface area contributed by atoms with E-state index in [0.29, 0.717) is 22.3 Å². The minimum atomic E-state index is -3.52. The number of sulfonamides is 1. The van der Waals surface area contributed by atoms with Crippen LogP contribution < -0.4 is 4.72 Å². The largest absolute Gasteiger partial charge is 0.242 e. The molecular weight excluding hydrogens is 307 g/mol. The highest BCUT2D eigenvalue weighted by Crippen LogP contribution is 2.29. The SMILES string of the molecule is CCCNS(=O)(=O)c1ccc2c(Cl)cnc(Cl)c2c1. The van der Waals surface area contributed by atoms with Crippen LogP contribution in [-0.4, -0.2) is 19.9 Å². The molecule has 0 unspecified atom stereocenters. The first-order chi connectivity index (χ1) is 8.95. The van der Waals surface area contributed by atoms with Crippen molar-refractivity contribution in [2.24, 2.45) is 0 Å². The van der Waals surface area contributed by atoms with Crippen LogP contribution in [0.5, 0.6) is 0 Å². The van der Waals surface area contributed by atoms with Crippen molar-refractivity contribution in [3.63, 3.8) is 0 Å². The van der Waals surface area contributed by atoms with Gasteiger partial charge in [0.05, 0.1) is 9.92 Å². The number of nitrogens with one attached hydrogen (secondary N) is 1. The number of hydrogen-bond donors (Lipinski definition) is 1. The second-order valence-electron chi connectivity index (χ2n) is 4.00. The molecule has 4 nitrogen and oxygen atoms in total. The van der Waals surface area contributed by atoms with E-state index in [4.69, 9.17) is 23.2 Å². The van der Waals surface area contributed by atoms with Gasteiger partial charge in [-0.2, -0.15) is 0 Å². The third kappa shape index (κ3) is 3.00. The summed E-state index contributed by atoms with van der Waals surface area (Å²) in [4.78, 5) is 4.06. The lowest BCUT2D eigenvalue weighted by atomic mass is 10.2. The summed E-state index contributed by atoms with van der Waals surface area (Å²) in [7, 11) is -3.52. The normalized spacial score (nSPS) is 11.9. The Labute approximate surface area is 121 Å². The molecule has 0 fully saturated rings. The molecule has 0 bridgehead atoms. The van der Waals surface area contributed by atoms with Gasteiger partial charge in [-0.15, -0.1) is 0 Å². The van der Waals surface area contributed by atoms with Gasteiger partial charge in [-0.25, -0.2) is 18.1 Å². The van der Waals surface area contributed by atoms with E-state index in [0.717, 1.165) is 6.42 Å². The Balaban J connectivity index is 2.56. The molecule has 0 aliphatic carbocycles. The third-order valence-corrected chi connectivity index (χ3v) is 4.68. The monoisotopic (exact) mass is 318 g/mol. The summed E-state index contributed by atoms with van der Waals surface area (Å²) >= 11 is 12.0. The van der Waals surface area contributed by atoms with Crippen molar-refractivity contribution in [3.8, 4) is 0 Å². The minimum Gasteiger partial charge on any atom is -0.242 e. The molecular formula is C12H12Cl2N2O2S. The lowest BCUT2D eigenvalue weighted by molar-refractivity contribution is 0.581. The Morgan fingerprint density at radius 3 is 2.68 bits per heavy atom. The number of nitrogens with zero attached hydrogens (tertiary/aromatic N) is 1. The van der Waals surface area contributed by atoms with Gasteiger partial charge in [-0.1, -0.05) is 36.2 Å². The highest BCUT2D eigenvalue weighted by molar-refractivity contribution is 7.89. The quantitative estimate of drug-likeness (QED) is 0.880. The smallest absolute Gasteiger partial charge is 0.240 e. The summed E-state index contributed by atoms with van der Waals surface area (Å²) in [5.41, 5.74) is 0. The number of fused-ring (bicyclic) bond motifs is 1.